The molecule has 6 aromatic rings. The first-order chi connectivity index (χ1) is 16.3. The fourth-order valence-corrected chi connectivity index (χ4v) is 6.09. The Labute approximate surface area is 197 Å². The quantitative estimate of drug-likeness (QED) is 0.255. The molecule has 156 valence electrons. The van der Waals surface area contributed by atoms with Crippen LogP contribution in [0.5, 0.6) is 0 Å². The molecule has 1 unspecified atom stereocenters. The highest BCUT2D eigenvalue weighted by Gasteiger charge is 2.45. The maximum Gasteiger partial charge on any atom is 0.0743 e. The molecular weight excluding hydrogens is 422 g/mol. The molecule has 2 heterocycles. The Balaban J connectivity index is 1.79. The van der Waals surface area contributed by atoms with Gasteiger partial charge in [0.2, 0.25) is 0 Å². The van der Waals surface area contributed by atoms with Crippen LogP contribution in [-0.2, 0) is 5.41 Å². The van der Waals surface area contributed by atoms with Crippen LogP contribution in [0.1, 0.15) is 22.3 Å². The van der Waals surface area contributed by atoms with E-state index >= 15 is 0 Å². The van der Waals surface area contributed by atoms with Crippen molar-refractivity contribution in [3.05, 3.63) is 149 Å². The summed E-state index contributed by atoms with van der Waals surface area (Å²) in [6, 6.07) is 43.5. The van der Waals surface area contributed by atoms with Crippen molar-refractivity contribution >= 4 is 33.4 Å². The second-order valence-corrected chi connectivity index (χ2v) is 9.13. The summed E-state index contributed by atoms with van der Waals surface area (Å²) in [6.07, 6.45) is 0. The number of aromatic nitrogens is 1. The minimum absolute atomic E-state index is 0.480. The molecule has 5 aromatic carbocycles. The van der Waals surface area contributed by atoms with E-state index < -0.39 is 5.41 Å². The molecule has 0 amide bonds. The molecule has 0 N–H and O–H groups in total. The Morgan fingerprint density at radius 3 is 2.09 bits per heavy atom. The summed E-state index contributed by atoms with van der Waals surface area (Å²) in [4.78, 5) is 0. The molecule has 0 bridgehead atoms. The fourth-order valence-electron chi connectivity index (χ4n) is 5.90. The third-order valence-electron chi connectivity index (χ3n) is 7.11. The molecule has 0 radical (unpaired) electrons. The van der Waals surface area contributed by atoms with Crippen LogP contribution < -0.4 is 0 Å². The minimum atomic E-state index is -0.480. The lowest BCUT2D eigenvalue weighted by Gasteiger charge is -2.41. The zero-order valence-electron chi connectivity index (χ0n) is 17.9. The van der Waals surface area contributed by atoms with Crippen LogP contribution in [0.15, 0.2) is 121 Å². The first-order valence-electron chi connectivity index (χ1n) is 11.2. The van der Waals surface area contributed by atoms with E-state index in [1.165, 1.54) is 49.7 Å². The second kappa shape index (κ2) is 6.84. The maximum atomic E-state index is 6.60. The van der Waals surface area contributed by atoms with E-state index in [0.29, 0.717) is 0 Å². The van der Waals surface area contributed by atoms with Gasteiger partial charge in [-0.15, -0.1) is 0 Å². The molecular formula is C31H20ClN. The number of para-hydroxylation sites is 3. The van der Waals surface area contributed by atoms with Crippen LogP contribution in [-0.4, -0.2) is 4.57 Å². The number of halogens is 1. The van der Waals surface area contributed by atoms with Crippen molar-refractivity contribution in [2.24, 2.45) is 0 Å². The van der Waals surface area contributed by atoms with Crippen LogP contribution >= 0.6 is 11.6 Å². The van der Waals surface area contributed by atoms with E-state index in [1.54, 1.807) is 0 Å². The molecule has 7 rings (SSSR count). The highest BCUT2D eigenvalue weighted by molar-refractivity contribution is 6.30. The van der Waals surface area contributed by atoms with E-state index in [0.717, 1.165) is 5.02 Å². The molecule has 0 spiro atoms. The van der Waals surface area contributed by atoms with Gasteiger partial charge in [-0.2, -0.15) is 0 Å². The van der Waals surface area contributed by atoms with Crippen LogP contribution in [0.25, 0.3) is 27.5 Å². The van der Waals surface area contributed by atoms with E-state index in [9.17, 15) is 0 Å². The van der Waals surface area contributed by atoms with Gasteiger partial charge in [-0.3, -0.25) is 0 Å². The van der Waals surface area contributed by atoms with Crippen molar-refractivity contribution in [1.82, 2.24) is 4.57 Å². The third kappa shape index (κ3) is 2.38. The molecule has 1 atom stereocenters. The lowest BCUT2D eigenvalue weighted by atomic mass is 9.63. The topological polar surface area (TPSA) is 4.93 Å². The summed E-state index contributed by atoms with van der Waals surface area (Å²) in [5.74, 6) is 0. The summed E-state index contributed by atoms with van der Waals surface area (Å²) in [5.41, 5.74) is 8.20. The van der Waals surface area contributed by atoms with Gasteiger partial charge >= 0.3 is 0 Å². The first-order valence-corrected chi connectivity index (χ1v) is 11.6. The van der Waals surface area contributed by atoms with Crippen LogP contribution in [0.2, 0.25) is 5.02 Å². The van der Waals surface area contributed by atoms with Gasteiger partial charge in [0.15, 0.2) is 0 Å². The summed E-state index contributed by atoms with van der Waals surface area (Å²) in [6.45, 7) is 0. The van der Waals surface area contributed by atoms with Gasteiger partial charge in [-0.25, -0.2) is 0 Å². The van der Waals surface area contributed by atoms with E-state index in [-0.39, 0.29) is 0 Å². The van der Waals surface area contributed by atoms with Crippen molar-refractivity contribution in [1.29, 1.82) is 0 Å². The summed E-state index contributed by atoms with van der Waals surface area (Å²) in [5, 5.41) is 3.30. The number of benzene rings is 5. The van der Waals surface area contributed by atoms with Crippen molar-refractivity contribution in [2.45, 2.75) is 5.41 Å². The Kier molecular flexibility index (Phi) is 3.88. The van der Waals surface area contributed by atoms with Crippen LogP contribution in [0, 0.1) is 0 Å². The molecule has 33 heavy (non-hydrogen) atoms. The molecule has 1 aromatic heterocycles. The largest absolute Gasteiger partial charge is 0.309 e. The van der Waals surface area contributed by atoms with Gasteiger partial charge < -0.3 is 4.57 Å². The molecule has 0 fully saturated rings. The van der Waals surface area contributed by atoms with Gasteiger partial charge in [0, 0.05) is 15.8 Å². The highest BCUT2D eigenvalue weighted by atomic mass is 35.5. The zero-order chi connectivity index (χ0) is 22.0. The molecule has 1 aliphatic rings. The zero-order valence-corrected chi connectivity index (χ0v) is 18.6. The molecule has 1 nitrogen and oxygen atoms in total. The smallest absolute Gasteiger partial charge is 0.0743 e. The minimum Gasteiger partial charge on any atom is -0.309 e. The molecule has 0 saturated heterocycles. The van der Waals surface area contributed by atoms with Gasteiger partial charge in [-0.1, -0.05) is 109 Å². The van der Waals surface area contributed by atoms with Crippen molar-refractivity contribution in [2.75, 3.05) is 0 Å². The van der Waals surface area contributed by atoms with Crippen LogP contribution in [0.3, 0.4) is 0 Å². The average molecular weight is 442 g/mol. The van der Waals surface area contributed by atoms with Gasteiger partial charge in [0.1, 0.15) is 0 Å². The van der Waals surface area contributed by atoms with E-state index in [4.69, 9.17) is 11.6 Å². The van der Waals surface area contributed by atoms with Gasteiger partial charge in [0.05, 0.1) is 22.1 Å². The SMILES string of the molecule is Clc1cccc(C2(c3ccccc3)c3ccccc3-n3c4ccccc4c4cccc2c43)c1. The fraction of sp³-hybridized carbons (Fsp3) is 0.0323. The molecule has 1 aliphatic heterocycles. The number of nitrogens with zero attached hydrogens (tertiary/aromatic N) is 1. The second-order valence-electron chi connectivity index (χ2n) is 8.70. The normalized spacial score (nSPS) is 16.8. The molecule has 0 aliphatic carbocycles. The highest BCUT2D eigenvalue weighted by Crippen LogP contribution is 2.54. The summed E-state index contributed by atoms with van der Waals surface area (Å²) >= 11 is 6.60. The van der Waals surface area contributed by atoms with Gasteiger partial charge in [0.25, 0.3) is 0 Å². The lowest BCUT2D eigenvalue weighted by molar-refractivity contribution is 0.728. The predicted molar refractivity (Wildman–Crippen MR) is 138 cm³/mol. The average Bonchev–Trinajstić information content (AvgIpc) is 3.21. The van der Waals surface area contributed by atoms with E-state index in [1.807, 2.05) is 6.07 Å². The summed E-state index contributed by atoms with van der Waals surface area (Å²) in [7, 11) is 0. The lowest BCUT2D eigenvalue weighted by Crippen LogP contribution is -2.35. The van der Waals surface area contributed by atoms with Crippen molar-refractivity contribution < 1.29 is 0 Å². The Hall–Kier alpha value is -3.81. The number of hydrogen-bond acceptors (Lipinski definition) is 0. The standard InChI is InChI=1S/C31H20ClN/c32-23-13-8-12-22(20-23)31(21-10-2-1-3-11-21)26-16-5-7-19-29(26)33-28-18-6-4-14-24(28)25-15-9-17-27(31)30(25)33/h1-20H. The maximum absolute atomic E-state index is 6.60. The molecule has 2 heteroatoms. The number of hydrogen-bond donors (Lipinski definition) is 0. The third-order valence-corrected chi connectivity index (χ3v) is 7.35. The van der Waals surface area contributed by atoms with E-state index in [2.05, 4.69) is 120 Å². The Morgan fingerprint density at radius 1 is 0.545 bits per heavy atom. The number of fused-ring (bicyclic) bond motifs is 5. The van der Waals surface area contributed by atoms with Crippen molar-refractivity contribution in [3.8, 4) is 5.69 Å². The Bertz CT molecular complexity index is 1680. The van der Waals surface area contributed by atoms with Gasteiger partial charge in [-0.05, 0) is 46.5 Å². The number of rotatable bonds is 2. The molecule has 0 saturated carbocycles. The predicted octanol–water partition coefficient (Wildman–Crippen LogP) is 8.13. The Morgan fingerprint density at radius 2 is 1.21 bits per heavy atom. The first kappa shape index (κ1) is 18.7. The monoisotopic (exact) mass is 441 g/mol. The van der Waals surface area contributed by atoms with Crippen molar-refractivity contribution in [3.63, 3.8) is 0 Å². The summed E-state index contributed by atoms with van der Waals surface area (Å²) < 4.78 is 2.45. The van der Waals surface area contributed by atoms with Crippen LogP contribution in [0.4, 0.5) is 0 Å².